The third-order valence-electron chi connectivity index (χ3n) is 4.87. The lowest BCUT2D eigenvalue weighted by atomic mass is 9.99. The first kappa shape index (κ1) is 14.1. The van der Waals surface area contributed by atoms with Gasteiger partial charge in [-0.2, -0.15) is 0 Å². The summed E-state index contributed by atoms with van der Waals surface area (Å²) in [6, 6.07) is 12.4. The van der Waals surface area contributed by atoms with E-state index in [2.05, 4.69) is 47.5 Å². The van der Waals surface area contributed by atoms with Crippen LogP contribution in [0.2, 0.25) is 0 Å². The van der Waals surface area contributed by atoms with Crippen LogP contribution < -0.4 is 5.32 Å². The van der Waals surface area contributed by atoms with E-state index in [1.165, 1.54) is 50.8 Å². The molecule has 1 aliphatic heterocycles. The molecule has 0 radical (unpaired) electrons. The monoisotopic (exact) mass is 272 g/mol. The van der Waals surface area contributed by atoms with Crippen molar-refractivity contribution in [1.82, 2.24) is 10.2 Å². The molecule has 110 valence electrons. The van der Waals surface area contributed by atoms with Gasteiger partial charge in [-0.3, -0.25) is 4.90 Å². The SMILES string of the molecule is CCCCCN1CC(C2CC2)NCC1c1ccccc1. The molecule has 3 rings (SSSR count). The highest BCUT2D eigenvalue weighted by Gasteiger charge is 2.37. The zero-order valence-corrected chi connectivity index (χ0v) is 12.7. The molecule has 2 nitrogen and oxygen atoms in total. The number of nitrogens with one attached hydrogen (secondary N) is 1. The van der Waals surface area contributed by atoms with E-state index in [1.807, 2.05) is 0 Å². The molecule has 1 heterocycles. The Morgan fingerprint density at radius 1 is 1.15 bits per heavy atom. The molecule has 1 aromatic carbocycles. The van der Waals surface area contributed by atoms with Gasteiger partial charge in [-0.15, -0.1) is 0 Å². The van der Waals surface area contributed by atoms with Crippen LogP contribution in [0.15, 0.2) is 30.3 Å². The van der Waals surface area contributed by atoms with Crippen molar-refractivity contribution in [3.8, 4) is 0 Å². The van der Waals surface area contributed by atoms with Crippen molar-refractivity contribution < 1.29 is 0 Å². The van der Waals surface area contributed by atoms with Gasteiger partial charge in [0.25, 0.3) is 0 Å². The standard InChI is InChI=1S/C18H28N2/c1-2-3-7-12-20-14-17(15-10-11-15)19-13-18(20)16-8-5-4-6-9-16/h4-6,8-9,15,17-19H,2-3,7,10-14H2,1H3. The molecular formula is C18H28N2. The molecule has 1 saturated heterocycles. The van der Waals surface area contributed by atoms with Crippen molar-refractivity contribution in [1.29, 1.82) is 0 Å². The van der Waals surface area contributed by atoms with Gasteiger partial charge in [0.1, 0.15) is 0 Å². The zero-order valence-electron chi connectivity index (χ0n) is 12.7. The van der Waals surface area contributed by atoms with Crippen LogP contribution in [0.1, 0.15) is 50.6 Å². The summed E-state index contributed by atoms with van der Waals surface area (Å²) in [5.41, 5.74) is 1.48. The fourth-order valence-corrected chi connectivity index (χ4v) is 3.47. The molecule has 2 unspecified atom stereocenters. The van der Waals surface area contributed by atoms with Gasteiger partial charge in [0.15, 0.2) is 0 Å². The Bertz CT molecular complexity index is 399. The highest BCUT2D eigenvalue weighted by atomic mass is 15.2. The van der Waals surface area contributed by atoms with E-state index in [9.17, 15) is 0 Å². The second-order valence-corrected chi connectivity index (χ2v) is 6.48. The summed E-state index contributed by atoms with van der Waals surface area (Å²) in [7, 11) is 0. The summed E-state index contributed by atoms with van der Waals surface area (Å²) >= 11 is 0. The molecule has 1 aliphatic carbocycles. The first-order valence-electron chi connectivity index (χ1n) is 8.41. The quantitative estimate of drug-likeness (QED) is 0.796. The number of hydrogen-bond donors (Lipinski definition) is 1. The van der Waals surface area contributed by atoms with Gasteiger partial charge in [-0.25, -0.2) is 0 Å². The minimum atomic E-state index is 0.572. The molecule has 1 N–H and O–H groups in total. The topological polar surface area (TPSA) is 15.3 Å². The average Bonchev–Trinajstić information content (AvgIpc) is 3.33. The van der Waals surface area contributed by atoms with E-state index in [-0.39, 0.29) is 0 Å². The predicted octanol–water partition coefficient (Wildman–Crippen LogP) is 3.60. The van der Waals surface area contributed by atoms with Gasteiger partial charge in [-0.05, 0) is 37.3 Å². The summed E-state index contributed by atoms with van der Waals surface area (Å²) in [4.78, 5) is 2.74. The van der Waals surface area contributed by atoms with E-state index in [1.54, 1.807) is 0 Å². The number of hydrogen-bond acceptors (Lipinski definition) is 2. The molecule has 20 heavy (non-hydrogen) atoms. The number of nitrogens with zero attached hydrogens (tertiary/aromatic N) is 1. The van der Waals surface area contributed by atoms with Crippen LogP contribution in [0.5, 0.6) is 0 Å². The van der Waals surface area contributed by atoms with Gasteiger partial charge in [0.2, 0.25) is 0 Å². The molecule has 0 bridgehead atoms. The van der Waals surface area contributed by atoms with Crippen molar-refractivity contribution in [2.75, 3.05) is 19.6 Å². The van der Waals surface area contributed by atoms with Crippen LogP contribution in [0.4, 0.5) is 0 Å². The lowest BCUT2D eigenvalue weighted by Gasteiger charge is -2.41. The summed E-state index contributed by atoms with van der Waals surface area (Å²) in [5, 5.41) is 3.81. The lowest BCUT2D eigenvalue weighted by Crippen LogP contribution is -2.53. The molecule has 2 aliphatic rings. The maximum absolute atomic E-state index is 3.81. The molecule has 0 aromatic heterocycles. The average molecular weight is 272 g/mol. The van der Waals surface area contributed by atoms with Gasteiger partial charge in [-0.1, -0.05) is 50.1 Å². The highest BCUT2D eigenvalue weighted by molar-refractivity contribution is 5.20. The number of benzene rings is 1. The van der Waals surface area contributed by atoms with Crippen LogP contribution in [0.25, 0.3) is 0 Å². The summed E-state index contributed by atoms with van der Waals surface area (Å²) in [6.45, 7) is 5.92. The minimum Gasteiger partial charge on any atom is -0.311 e. The molecule has 1 aromatic rings. The van der Waals surface area contributed by atoms with Gasteiger partial charge < -0.3 is 5.32 Å². The summed E-state index contributed by atoms with van der Waals surface area (Å²) < 4.78 is 0. The smallest absolute Gasteiger partial charge is 0.0473 e. The summed E-state index contributed by atoms with van der Waals surface area (Å²) in [5.74, 6) is 0.959. The van der Waals surface area contributed by atoms with E-state index >= 15 is 0 Å². The molecule has 2 heteroatoms. The second-order valence-electron chi connectivity index (χ2n) is 6.48. The van der Waals surface area contributed by atoms with Crippen LogP contribution in [0.3, 0.4) is 0 Å². The Hall–Kier alpha value is -0.860. The first-order valence-corrected chi connectivity index (χ1v) is 8.41. The largest absolute Gasteiger partial charge is 0.311 e. The van der Waals surface area contributed by atoms with Crippen LogP contribution in [-0.4, -0.2) is 30.6 Å². The number of piperazine rings is 1. The molecule has 1 saturated carbocycles. The molecule has 2 atom stereocenters. The van der Waals surface area contributed by atoms with E-state index < -0.39 is 0 Å². The van der Waals surface area contributed by atoms with E-state index in [4.69, 9.17) is 0 Å². The Kier molecular flexibility index (Phi) is 4.74. The van der Waals surface area contributed by atoms with Crippen molar-refractivity contribution >= 4 is 0 Å². The molecule has 0 spiro atoms. The van der Waals surface area contributed by atoms with Gasteiger partial charge >= 0.3 is 0 Å². The van der Waals surface area contributed by atoms with E-state index in [0.717, 1.165) is 18.5 Å². The van der Waals surface area contributed by atoms with Gasteiger partial charge in [0, 0.05) is 25.2 Å². The summed E-state index contributed by atoms with van der Waals surface area (Å²) in [6.07, 6.45) is 6.90. The number of rotatable bonds is 6. The normalized spacial score (nSPS) is 27.6. The third-order valence-corrected chi connectivity index (χ3v) is 4.87. The zero-order chi connectivity index (χ0) is 13.8. The Balaban J connectivity index is 1.66. The first-order chi connectivity index (χ1) is 9.88. The van der Waals surface area contributed by atoms with Crippen molar-refractivity contribution in [3.63, 3.8) is 0 Å². The predicted molar refractivity (Wildman–Crippen MR) is 84.8 cm³/mol. The minimum absolute atomic E-state index is 0.572. The fraction of sp³-hybridized carbons (Fsp3) is 0.667. The molecule has 0 amide bonds. The van der Waals surface area contributed by atoms with E-state index in [0.29, 0.717) is 6.04 Å². The Labute approximate surface area is 123 Å². The fourth-order valence-electron chi connectivity index (χ4n) is 3.47. The molecule has 2 fully saturated rings. The maximum atomic E-state index is 3.81. The van der Waals surface area contributed by atoms with Crippen LogP contribution >= 0.6 is 0 Å². The maximum Gasteiger partial charge on any atom is 0.0473 e. The highest BCUT2D eigenvalue weighted by Crippen LogP contribution is 2.36. The Morgan fingerprint density at radius 2 is 1.95 bits per heavy atom. The van der Waals surface area contributed by atoms with Crippen molar-refractivity contribution in [2.45, 2.75) is 51.1 Å². The number of unbranched alkanes of at least 4 members (excludes halogenated alkanes) is 2. The van der Waals surface area contributed by atoms with Gasteiger partial charge in [0.05, 0.1) is 0 Å². The second kappa shape index (κ2) is 6.73. The van der Waals surface area contributed by atoms with Crippen molar-refractivity contribution in [3.05, 3.63) is 35.9 Å². The van der Waals surface area contributed by atoms with Crippen LogP contribution in [-0.2, 0) is 0 Å². The van der Waals surface area contributed by atoms with Crippen LogP contribution in [0, 0.1) is 5.92 Å². The Morgan fingerprint density at radius 3 is 2.65 bits per heavy atom. The van der Waals surface area contributed by atoms with Crippen molar-refractivity contribution in [2.24, 2.45) is 5.92 Å². The third kappa shape index (κ3) is 3.42. The lowest BCUT2D eigenvalue weighted by molar-refractivity contribution is 0.120. The molecular weight excluding hydrogens is 244 g/mol.